The second-order valence-electron chi connectivity index (χ2n) is 3.08. The van der Waals surface area contributed by atoms with Crippen LogP contribution in [-0.2, 0) is 9.59 Å². The molecule has 2 N–H and O–H groups in total. The van der Waals surface area contributed by atoms with Crippen LogP contribution in [-0.4, -0.2) is 30.3 Å². The number of amides is 2. The Hall–Kier alpha value is -0.770. The summed E-state index contributed by atoms with van der Waals surface area (Å²) in [5.74, 6) is -0.289. The van der Waals surface area contributed by atoms with Crippen molar-refractivity contribution in [2.24, 2.45) is 0 Å². The second kappa shape index (κ2) is 5.07. The summed E-state index contributed by atoms with van der Waals surface area (Å²) in [6.07, 6.45) is 2.50. The molecule has 0 aliphatic heterocycles. The maximum Gasteiger partial charge on any atom is 0.234 e. The maximum atomic E-state index is 11.1. The molecule has 1 aliphatic rings. The van der Waals surface area contributed by atoms with Crippen LogP contribution < -0.4 is 10.6 Å². The molecular weight excluding hydrogens is 192 g/mol. The normalized spacial score (nSPS) is 15.2. The molecule has 1 fully saturated rings. The zero-order valence-corrected chi connectivity index (χ0v) is 8.06. The third kappa shape index (κ3) is 4.72. The fourth-order valence-corrected chi connectivity index (χ4v) is 0.985. The molecule has 0 atom stereocenters. The summed E-state index contributed by atoms with van der Waals surface area (Å²) >= 11 is 5.25. The maximum absolute atomic E-state index is 11.1. The summed E-state index contributed by atoms with van der Waals surface area (Å²) in [6, 6.07) is 0.385. The van der Waals surface area contributed by atoms with Crippen molar-refractivity contribution in [3.63, 3.8) is 0 Å². The minimum atomic E-state index is -0.235. The van der Waals surface area contributed by atoms with Gasteiger partial charge in [-0.25, -0.2) is 0 Å². The zero-order chi connectivity index (χ0) is 9.68. The Morgan fingerprint density at radius 3 is 2.54 bits per heavy atom. The Morgan fingerprint density at radius 2 is 2.00 bits per heavy atom. The minimum absolute atomic E-state index is 0.00243. The summed E-state index contributed by atoms with van der Waals surface area (Å²) in [5.41, 5.74) is 0. The van der Waals surface area contributed by atoms with E-state index >= 15 is 0 Å². The van der Waals surface area contributed by atoms with Crippen LogP contribution in [0.3, 0.4) is 0 Å². The number of halogens is 1. The van der Waals surface area contributed by atoms with E-state index in [0.717, 1.165) is 12.8 Å². The van der Waals surface area contributed by atoms with Crippen molar-refractivity contribution in [3.8, 4) is 0 Å². The summed E-state index contributed by atoms with van der Waals surface area (Å²) < 4.78 is 0. The van der Waals surface area contributed by atoms with Crippen molar-refractivity contribution in [1.29, 1.82) is 0 Å². The van der Waals surface area contributed by atoms with Crippen molar-refractivity contribution in [2.75, 3.05) is 12.4 Å². The Balaban J connectivity index is 1.97. The summed E-state index contributed by atoms with van der Waals surface area (Å²) in [7, 11) is 0. The van der Waals surface area contributed by atoms with Crippen molar-refractivity contribution in [3.05, 3.63) is 0 Å². The van der Waals surface area contributed by atoms with E-state index in [4.69, 9.17) is 11.6 Å². The van der Waals surface area contributed by atoms with E-state index in [2.05, 4.69) is 10.6 Å². The highest BCUT2D eigenvalue weighted by Crippen LogP contribution is 2.18. The van der Waals surface area contributed by atoms with Gasteiger partial charge in [-0.2, -0.15) is 0 Å². The van der Waals surface area contributed by atoms with Gasteiger partial charge in [-0.3, -0.25) is 9.59 Å². The van der Waals surface area contributed by atoms with Crippen molar-refractivity contribution >= 4 is 23.4 Å². The van der Waals surface area contributed by atoms with Crippen molar-refractivity contribution in [1.82, 2.24) is 10.6 Å². The van der Waals surface area contributed by atoms with Crippen molar-refractivity contribution in [2.45, 2.75) is 25.3 Å². The molecule has 1 aliphatic carbocycles. The van der Waals surface area contributed by atoms with Gasteiger partial charge in [0, 0.05) is 19.0 Å². The van der Waals surface area contributed by atoms with E-state index < -0.39 is 0 Å². The van der Waals surface area contributed by atoms with Crippen LogP contribution in [0.15, 0.2) is 0 Å². The summed E-state index contributed by atoms with van der Waals surface area (Å²) in [5, 5.41) is 5.35. The Bertz CT molecular complexity index is 204. The molecule has 1 saturated carbocycles. The van der Waals surface area contributed by atoms with E-state index in [1.54, 1.807) is 0 Å². The molecule has 0 aromatic heterocycles. The first kappa shape index (κ1) is 10.3. The molecule has 0 aromatic carbocycles. The molecule has 74 valence electrons. The van der Waals surface area contributed by atoms with Gasteiger partial charge >= 0.3 is 0 Å². The molecule has 0 unspecified atom stereocenters. The average Bonchev–Trinajstić information content (AvgIpc) is 2.88. The fraction of sp³-hybridized carbons (Fsp3) is 0.750. The number of rotatable bonds is 5. The molecular formula is C8H13ClN2O2. The Kier molecular flexibility index (Phi) is 4.02. The van der Waals surface area contributed by atoms with E-state index in [0.29, 0.717) is 19.0 Å². The fourth-order valence-electron chi connectivity index (χ4n) is 0.890. The van der Waals surface area contributed by atoms with Crippen LogP contribution in [0.4, 0.5) is 0 Å². The van der Waals surface area contributed by atoms with Crippen LogP contribution in [0, 0.1) is 0 Å². The molecule has 13 heavy (non-hydrogen) atoms. The van der Waals surface area contributed by atoms with E-state index in [1.807, 2.05) is 0 Å². The topological polar surface area (TPSA) is 58.2 Å². The summed E-state index contributed by atoms with van der Waals surface area (Å²) in [6.45, 7) is 0.365. The monoisotopic (exact) mass is 204 g/mol. The lowest BCUT2D eigenvalue weighted by Crippen LogP contribution is -2.32. The lowest BCUT2D eigenvalue weighted by atomic mass is 10.4. The highest BCUT2D eigenvalue weighted by Gasteiger charge is 2.22. The second-order valence-corrected chi connectivity index (χ2v) is 3.34. The molecule has 5 heteroatoms. The summed E-state index contributed by atoms with van der Waals surface area (Å²) in [4.78, 5) is 21.7. The quantitative estimate of drug-likeness (QED) is 0.620. The van der Waals surface area contributed by atoms with E-state index in [9.17, 15) is 9.59 Å². The van der Waals surface area contributed by atoms with Gasteiger partial charge in [0.15, 0.2) is 0 Å². The molecule has 4 nitrogen and oxygen atoms in total. The SMILES string of the molecule is O=C(CCl)NCCC(=O)NC1CC1. The molecule has 0 aromatic rings. The largest absolute Gasteiger partial charge is 0.355 e. The van der Waals surface area contributed by atoms with Gasteiger partial charge in [0.05, 0.1) is 0 Å². The van der Waals surface area contributed by atoms with Crippen molar-refractivity contribution < 1.29 is 9.59 Å². The first-order chi connectivity index (χ1) is 6.22. The first-order valence-corrected chi connectivity index (χ1v) is 4.88. The van der Waals surface area contributed by atoms with Gasteiger partial charge in [-0.1, -0.05) is 0 Å². The highest BCUT2D eigenvalue weighted by atomic mass is 35.5. The number of hydrogen-bond acceptors (Lipinski definition) is 2. The van der Waals surface area contributed by atoms with Crippen LogP contribution in [0.1, 0.15) is 19.3 Å². The molecule has 0 bridgehead atoms. The van der Waals surface area contributed by atoms with E-state index in [1.165, 1.54) is 0 Å². The zero-order valence-electron chi connectivity index (χ0n) is 7.31. The smallest absolute Gasteiger partial charge is 0.234 e. The third-order valence-corrected chi connectivity index (χ3v) is 1.98. The first-order valence-electron chi connectivity index (χ1n) is 4.34. The molecule has 0 radical (unpaired) electrons. The Morgan fingerprint density at radius 1 is 1.31 bits per heavy atom. The number of carbonyl (C=O) groups excluding carboxylic acids is 2. The number of nitrogens with one attached hydrogen (secondary N) is 2. The lowest BCUT2D eigenvalue weighted by Gasteiger charge is -2.03. The van der Waals surface area contributed by atoms with Crippen LogP contribution in [0.25, 0.3) is 0 Å². The van der Waals surface area contributed by atoms with Crippen LogP contribution in [0.2, 0.25) is 0 Å². The van der Waals surface area contributed by atoms with Gasteiger partial charge in [0.25, 0.3) is 0 Å². The third-order valence-electron chi connectivity index (χ3n) is 1.74. The minimum Gasteiger partial charge on any atom is -0.355 e. The molecule has 2 amide bonds. The average molecular weight is 205 g/mol. The molecule has 1 rings (SSSR count). The lowest BCUT2D eigenvalue weighted by molar-refractivity contribution is -0.121. The molecule has 0 spiro atoms. The van der Waals surface area contributed by atoms with Gasteiger partial charge in [0.1, 0.15) is 5.88 Å². The highest BCUT2D eigenvalue weighted by molar-refractivity contribution is 6.27. The van der Waals surface area contributed by atoms with Gasteiger partial charge in [-0.15, -0.1) is 11.6 Å². The Labute approximate surface area is 82.0 Å². The van der Waals surface area contributed by atoms with Crippen LogP contribution in [0.5, 0.6) is 0 Å². The predicted octanol–water partition coefficient (Wildman–Crippen LogP) is 0.0101. The van der Waals surface area contributed by atoms with E-state index in [-0.39, 0.29) is 17.7 Å². The van der Waals surface area contributed by atoms with Gasteiger partial charge in [-0.05, 0) is 12.8 Å². The molecule has 0 heterocycles. The standard InChI is InChI=1S/C8H13ClN2O2/c9-5-8(13)10-4-3-7(12)11-6-1-2-6/h6H,1-5H2,(H,10,13)(H,11,12). The van der Waals surface area contributed by atoms with Gasteiger partial charge in [0.2, 0.25) is 11.8 Å². The number of carbonyl (C=O) groups is 2. The number of hydrogen-bond donors (Lipinski definition) is 2. The predicted molar refractivity (Wildman–Crippen MR) is 49.5 cm³/mol. The van der Waals surface area contributed by atoms with Gasteiger partial charge < -0.3 is 10.6 Å². The molecule has 0 saturated heterocycles. The van der Waals surface area contributed by atoms with Crippen LogP contribution >= 0.6 is 11.6 Å². The number of alkyl halides is 1.